The van der Waals surface area contributed by atoms with Gasteiger partial charge in [-0.25, -0.2) is 0 Å². The van der Waals surface area contributed by atoms with Gasteiger partial charge in [0, 0.05) is 32.1 Å². The molecule has 3 saturated heterocycles. The predicted molar refractivity (Wildman–Crippen MR) is 57.6 cm³/mol. The molecule has 0 spiro atoms. The first-order valence-electron chi connectivity index (χ1n) is 6.06. The van der Waals surface area contributed by atoms with E-state index in [0.717, 1.165) is 26.1 Å². The van der Waals surface area contributed by atoms with Crippen molar-refractivity contribution in [3.05, 3.63) is 0 Å². The first kappa shape index (κ1) is 10.1. The highest BCUT2D eigenvalue weighted by Crippen LogP contribution is 2.28. The van der Waals surface area contributed by atoms with Crippen molar-refractivity contribution in [2.45, 2.75) is 31.3 Å². The standard InChI is InChI=1S/C11H17N3O2/c15-10-2-1-8(13-10)11(16)14-4-3-7-5-12-6-9(7)14/h7-9,12H,1-6H2,(H,13,15)/t7-,8?,9+/m0/s1. The molecule has 88 valence electrons. The summed E-state index contributed by atoms with van der Waals surface area (Å²) in [5.41, 5.74) is 0. The van der Waals surface area contributed by atoms with Crippen molar-refractivity contribution < 1.29 is 9.59 Å². The second-order valence-electron chi connectivity index (χ2n) is 4.96. The summed E-state index contributed by atoms with van der Waals surface area (Å²) in [6, 6.07) is 0.108. The van der Waals surface area contributed by atoms with Crippen LogP contribution in [0.3, 0.4) is 0 Å². The second kappa shape index (κ2) is 3.73. The summed E-state index contributed by atoms with van der Waals surface area (Å²) in [7, 11) is 0. The zero-order valence-electron chi connectivity index (χ0n) is 9.24. The fraction of sp³-hybridized carbons (Fsp3) is 0.818. The van der Waals surface area contributed by atoms with Gasteiger partial charge in [-0.05, 0) is 18.8 Å². The summed E-state index contributed by atoms with van der Waals surface area (Å²) in [5.74, 6) is 0.766. The van der Waals surface area contributed by atoms with E-state index in [9.17, 15) is 9.59 Å². The number of carbonyl (C=O) groups excluding carboxylic acids is 2. The largest absolute Gasteiger partial charge is 0.344 e. The minimum atomic E-state index is -0.258. The summed E-state index contributed by atoms with van der Waals surface area (Å²) in [5, 5.41) is 6.09. The van der Waals surface area contributed by atoms with E-state index in [-0.39, 0.29) is 17.9 Å². The average Bonchev–Trinajstić information content (AvgIpc) is 2.90. The molecule has 3 rings (SSSR count). The first-order valence-corrected chi connectivity index (χ1v) is 6.06. The number of rotatable bonds is 1. The highest BCUT2D eigenvalue weighted by atomic mass is 16.2. The SMILES string of the molecule is O=C1CCC(C(=O)N2CC[C@H]3CNC[C@H]32)N1. The number of likely N-dealkylation sites (tertiary alicyclic amines) is 1. The number of nitrogens with one attached hydrogen (secondary N) is 2. The Kier molecular flexibility index (Phi) is 2.35. The predicted octanol–water partition coefficient (Wildman–Crippen LogP) is -0.915. The van der Waals surface area contributed by atoms with Gasteiger partial charge in [0.15, 0.2) is 0 Å². The molecule has 5 nitrogen and oxygen atoms in total. The molecule has 0 saturated carbocycles. The molecule has 3 heterocycles. The molecule has 3 aliphatic rings. The van der Waals surface area contributed by atoms with E-state index in [1.807, 2.05) is 4.90 Å². The van der Waals surface area contributed by atoms with E-state index in [1.165, 1.54) is 0 Å². The quantitative estimate of drug-likeness (QED) is 0.605. The lowest BCUT2D eigenvalue weighted by atomic mass is 10.0. The van der Waals surface area contributed by atoms with Crippen LogP contribution in [0.1, 0.15) is 19.3 Å². The molecule has 0 aromatic heterocycles. The van der Waals surface area contributed by atoms with Gasteiger partial charge >= 0.3 is 0 Å². The maximum Gasteiger partial charge on any atom is 0.245 e. The summed E-state index contributed by atoms with van der Waals surface area (Å²) in [6.45, 7) is 2.81. The fourth-order valence-corrected chi connectivity index (χ4v) is 3.12. The summed E-state index contributed by atoms with van der Waals surface area (Å²) < 4.78 is 0. The van der Waals surface area contributed by atoms with Gasteiger partial charge in [-0.15, -0.1) is 0 Å². The van der Waals surface area contributed by atoms with Gasteiger partial charge < -0.3 is 15.5 Å². The van der Waals surface area contributed by atoms with E-state index < -0.39 is 0 Å². The summed E-state index contributed by atoms with van der Waals surface area (Å²) >= 11 is 0. The van der Waals surface area contributed by atoms with E-state index in [2.05, 4.69) is 10.6 Å². The lowest BCUT2D eigenvalue weighted by molar-refractivity contribution is -0.135. The Balaban J connectivity index is 1.68. The summed E-state index contributed by atoms with van der Waals surface area (Å²) in [4.78, 5) is 25.3. The number of fused-ring (bicyclic) bond motifs is 1. The number of hydrogen-bond donors (Lipinski definition) is 2. The Morgan fingerprint density at radius 1 is 1.31 bits per heavy atom. The van der Waals surface area contributed by atoms with Crippen LogP contribution >= 0.6 is 0 Å². The molecular weight excluding hydrogens is 206 g/mol. The lowest BCUT2D eigenvalue weighted by Crippen LogP contribution is -2.48. The van der Waals surface area contributed by atoms with E-state index in [4.69, 9.17) is 0 Å². The average molecular weight is 223 g/mol. The third-order valence-corrected chi connectivity index (χ3v) is 4.02. The molecule has 0 aliphatic carbocycles. The van der Waals surface area contributed by atoms with Crippen molar-refractivity contribution in [3.63, 3.8) is 0 Å². The van der Waals surface area contributed by atoms with E-state index in [1.54, 1.807) is 0 Å². The molecule has 0 aromatic carbocycles. The maximum absolute atomic E-state index is 12.2. The van der Waals surface area contributed by atoms with Gasteiger partial charge in [0.25, 0.3) is 0 Å². The minimum Gasteiger partial charge on any atom is -0.344 e. The highest BCUT2D eigenvalue weighted by Gasteiger charge is 2.42. The zero-order valence-corrected chi connectivity index (χ0v) is 9.24. The van der Waals surface area contributed by atoms with Crippen LogP contribution < -0.4 is 10.6 Å². The Morgan fingerprint density at radius 2 is 2.19 bits per heavy atom. The number of nitrogens with zero attached hydrogens (tertiary/aromatic N) is 1. The van der Waals surface area contributed by atoms with Crippen molar-refractivity contribution >= 4 is 11.8 Å². The van der Waals surface area contributed by atoms with Crippen molar-refractivity contribution in [2.75, 3.05) is 19.6 Å². The Bertz CT molecular complexity index is 331. The Hall–Kier alpha value is -1.10. The molecule has 0 radical (unpaired) electrons. The topological polar surface area (TPSA) is 61.4 Å². The summed E-state index contributed by atoms with van der Waals surface area (Å²) in [6.07, 6.45) is 2.26. The second-order valence-corrected chi connectivity index (χ2v) is 4.96. The zero-order chi connectivity index (χ0) is 11.1. The molecule has 2 amide bonds. The van der Waals surface area contributed by atoms with Gasteiger partial charge in [0.1, 0.15) is 6.04 Å². The molecule has 5 heteroatoms. The van der Waals surface area contributed by atoms with Gasteiger partial charge in [0.2, 0.25) is 11.8 Å². The fourth-order valence-electron chi connectivity index (χ4n) is 3.12. The van der Waals surface area contributed by atoms with Crippen LogP contribution in [0.4, 0.5) is 0 Å². The first-order chi connectivity index (χ1) is 7.75. The van der Waals surface area contributed by atoms with E-state index >= 15 is 0 Å². The van der Waals surface area contributed by atoms with Crippen LogP contribution in [0.15, 0.2) is 0 Å². The van der Waals surface area contributed by atoms with Gasteiger partial charge in [-0.3, -0.25) is 9.59 Å². The Labute approximate surface area is 94.6 Å². The van der Waals surface area contributed by atoms with Gasteiger partial charge in [-0.1, -0.05) is 0 Å². The molecule has 0 aromatic rings. The molecular formula is C11H17N3O2. The van der Waals surface area contributed by atoms with Crippen LogP contribution in [-0.2, 0) is 9.59 Å². The molecule has 0 bridgehead atoms. The normalized spacial score (nSPS) is 37.6. The molecule has 16 heavy (non-hydrogen) atoms. The monoisotopic (exact) mass is 223 g/mol. The van der Waals surface area contributed by atoms with E-state index in [0.29, 0.717) is 24.8 Å². The lowest BCUT2D eigenvalue weighted by Gasteiger charge is -2.26. The number of hydrogen-bond acceptors (Lipinski definition) is 3. The smallest absolute Gasteiger partial charge is 0.245 e. The van der Waals surface area contributed by atoms with Crippen molar-refractivity contribution in [1.29, 1.82) is 0 Å². The van der Waals surface area contributed by atoms with Crippen LogP contribution in [0.5, 0.6) is 0 Å². The number of carbonyl (C=O) groups is 2. The highest BCUT2D eigenvalue weighted by molar-refractivity contribution is 5.91. The van der Waals surface area contributed by atoms with Crippen LogP contribution in [-0.4, -0.2) is 48.4 Å². The van der Waals surface area contributed by atoms with Crippen LogP contribution in [0.2, 0.25) is 0 Å². The molecule has 3 aliphatic heterocycles. The van der Waals surface area contributed by atoms with Crippen molar-refractivity contribution in [3.8, 4) is 0 Å². The maximum atomic E-state index is 12.2. The minimum absolute atomic E-state index is 0.0126. The van der Waals surface area contributed by atoms with Crippen molar-refractivity contribution in [2.24, 2.45) is 5.92 Å². The van der Waals surface area contributed by atoms with Crippen LogP contribution in [0.25, 0.3) is 0 Å². The Morgan fingerprint density at radius 3 is 2.94 bits per heavy atom. The molecule has 3 fully saturated rings. The van der Waals surface area contributed by atoms with Crippen LogP contribution in [0, 0.1) is 5.92 Å². The van der Waals surface area contributed by atoms with Gasteiger partial charge in [-0.2, -0.15) is 0 Å². The number of amides is 2. The third kappa shape index (κ3) is 1.50. The van der Waals surface area contributed by atoms with Crippen molar-refractivity contribution in [1.82, 2.24) is 15.5 Å². The third-order valence-electron chi connectivity index (χ3n) is 4.02. The molecule has 3 atom stereocenters. The molecule has 1 unspecified atom stereocenters. The molecule has 2 N–H and O–H groups in total. The van der Waals surface area contributed by atoms with Gasteiger partial charge in [0.05, 0.1) is 0 Å².